The first-order valence-electron chi connectivity index (χ1n) is 5.08. The average Bonchev–Trinajstić information content (AvgIpc) is 2.29. The summed E-state index contributed by atoms with van der Waals surface area (Å²) >= 11 is 0. The van der Waals surface area contributed by atoms with Crippen LogP contribution < -0.4 is 15.4 Å². The molecule has 4 nitrogen and oxygen atoms in total. The molecule has 1 aromatic carbocycles. The largest absolute Gasteiger partial charge is 0.477 e. The number of carbonyl (C=O) groups excluding carboxylic acids is 1. The number of nitrogens with one attached hydrogen (secondary N) is 2. The first-order chi connectivity index (χ1) is 7.31. The van der Waals surface area contributed by atoms with E-state index in [1.54, 1.807) is 0 Å². The van der Waals surface area contributed by atoms with Gasteiger partial charge in [-0.3, -0.25) is 4.79 Å². The van der Waals surface area contributed by atoms with Gasteiger partial charge in [-0.05, 0) is 19.1 Å². The number of likely N-dealkylation sites (N-methyl/N-ethyl adjacent to an activating group) is 1. The van der Waals surface area contributed by atoms with Crippen molar-refractivity contribution in [2.45, 2.75) is 13.0 Å². The van der Waals surface area contributed by atoms with Crippen LogP contribution in [0.5, 0.6) is 5.75 Å². The van der Waals surface area contributed by atoms with Crippen LogP contribution in [0.2, 0.25) is 0 Å². The molecule has 0 unspecified atom stereocenters. The van der Waals surface area contributed by atoms with E-state index in [1.807, 2.05) is 31.2 Å². The summed E-state index contributed by atoms with van der Waals surface area (Å²) in [5.74, 6) is 0.666. The normalized spacial score (nSPS) is 18.3. The van der Waals surface area contributed by atoms with Crippen LogP contribution in [-0.4, -0.2) is 25.1 Å². The third-order valence-electron chi connectivity index (χ3n) is 2.28. The van der Waals surface area contributed by atoms with E-state index < -0.39 is 6.10 Å². The van der Waals surface area contributed by atoms with Crippen LogP contribution >= 0.6 is 0 Å². The van der Waals surface area contributed by atoms with Gasteiger partial charge in [0.05, 0.1) is 12.2 Å². The molecule has 1 aromatic rings. The Balaban J connectivity index is 2.08. The molecule has 0 radical (unpaired) electrons. The smallest absolute Gasteiger partial charge is 0.262 e. The number of benzene rings is 1. The first kappa shape index (κ1) is 9.83. The van der Waals surface area contributed by atoms with Crippen molar-refractivity contribution in [3.05, 3.63) is 24.3 Å². The van der Waals surface area contributed by atoms with Crippen LogP contribution in [0.3, 0.4) is 0 Å². The van der Waals surface area contributed by atoms with Crippen molar-refractivity contribution >= 4 is 11.6 Å². The lowest BCUT2D eigenvalue weighted by Gasteiger charge is -2.26. The molecule has 15 heavy (non-hydrogen) atoms. The van der Waals surface area contributed by atoms with E-state index in [4.69, 9.17) is 4.74 Å². The van der Waals surface area contributed by atoms with Crippen LogP contribution in [0.25, 0.3) is 0 Å². The van der Waals surface area contributed by atoms with Crippen molar-refractivity contribution in [3.8, 4) is 5.75 Å². The molecule has 80 valence electrons. The van der Waals surface area contributed by atoms with Crippen molar-refractivity contribution in [2.24, 2.45) is 0 Å². The molecule has 0 spiro atoms. The third-order valence-corrected chi connectivity index (χ3v) is 2.28. The molecular formula is C11H14N2O2. The van der Waals surface area contributed by atoms with Gasteiger partial charge in [-0.25, -0.2) is 0 Å². The van der Waals surface area contributed by atoms with E-state index in [9.17, 15) is 4.79 Å². The number of amides is 1. The summed E-state index contributed by atoms with van der Waals surface area (Å²) in [6, 6.07) is 7.61. The maximum atomic E-state index is 11.5. The van der Waals surface area contributed by atoms with Gasteiger partial charge in [-0.15, -0.1) is 0 Å². The summed E-state index contributed by atoms with van der Waals surface area (Å²) in [5, 5.41) is 5.91. The predicted octanol–water partition coefficient (Wildman–Crippen LogP) is 0.996. The Morgan fingerprint density at radius 2 is 2.40 bits per heavy atom. The van der Waals surface area contributed by atoms with E-state index in [1.165, 1.54) is 0 Å². The van der Waals surface area contributed by atoms with E-state index in [2.05, 4.69) is 10.6 Å². The number of hydrogen-bond acceptors (Lipinski definition) is 3. The standard InChI is InChI=1S/C11H14N2O2/c1-2-12-11(14)10-7-13-8-5-3-4-6-9(8)15-10/h3-6,10,13H,2,7H2,1H3,(H,12,14)/t10-/m0/s1. The molecule has 1 atom stereocenters. The number of rotatable bonds is 2. The third kappa shape index (κ3) is 2.03. The number of ether oxygens (including phenoxy) is 1. The maximum absolute atomic E-state index is 11.5. The number of hydrogen-bond donors (Lipinski definition) is 2. The van der Waals surface area contributed by atoms with Gasteiger partial charge in [0.1, 0.15) is 5.75 Å². The Labute approximate surface area is 88.6 Å². The molecule has 1 aliphatic rings. The number of carbonyl (C=O) groups is 1. The van der Waals surface area contributed by atoms with Crippen molar-refractivity contribution < 1.29 is 9.53 Å². The molecule has 1 heterocycles. The van der Waals surface area contributed by atoms with Crippen molar-refractivity contribution in [2.75, 3.05) is 18.4 Å². The molecule has 4 heteroatoms. The molecule has 1 amide bonds. The second-order valence-corrected chi connectivity index (χ2v) is 3.38. The second-order valence-electron chi connectivity index (χ2n) is 3.38. The zero-order valence-electron chi connectivity index (χ0n) is 8.62. The van der Waals surface area contributed by atoms with E-state index in [0.29, 0.717) is 13.1 Å². The summed E-state index contributed by atoms with van der Waals surface area (Å²) in [4.78, 5) is 11.5. The summed E-state index contributed by atoms with van der Waals surface area (Å²) in [6.45, 7) is 3.03. The van der Waals surface area contributed by atoms with E-state index in [-0.39, 0.29) is 5.91 Å². The lowest BCUT2D eigenvalue weighted by Crippen LogP contribution is -2.44. The molecule has 0 bridgehead atoms. The maximum Gasteiger partial charge on any atom is 0.262 e. The van der Waals surface area contributed by atoms with Gasteiger partial charge in [-0.2, -0.15) is 0 Å². The van der Waals surface area contributed by atoms with Gasteiger partial charge in [0, 0.05) is 6.54 Å². The zero-order chi connectivity index (χ0) is 10.7. The van der Waals surface area contributed by atoms with E-state index in [0.717, 1.165) is 11.4 Å². The fraction of sp³-hybridized carbons (Fsp3) is 0.364. The number of fused-ring (bicyclic) bond motifs is 1. The second kappa shape index (κ2) is 4.21. The summed E-state index contributed by atoms with van der Waals surface area (Å²) in [5.41, 5.74) is 0.943. The van der Waals surface area contributed by atoms with Crippen molar-refractivity contribution in [1.29, 1.82) is 0 Å². The van der Waals surface area contributed by atoms with Crippen LogP contribution in [0, 0.1) is 0 Å². The van der Waals surface area contributed by atoms with Gasteiger partial charge < -0.3 is 15.4 Å². The minimum atomic E-state index is -0.431. The Kier molecular flexibility index (Phi) is 2.76. The highest BCUT2D eigenvalue weighted by molar-refractivity contribution is 5.82. The molecular weight excluding hydrogens is 192 g/mol. The molecule has 0 saturated carbocycles. The highest BCUT2D eigenvalue weighted by atomic mass is 16.5. The quantitative estimate of drug-likeness (QED) is 0.758. The molecule has 1 aliphatic heterocycles. The minimum absolute atomic E-state index is 0.0699. The molecule has 0 aliphatic carbocycles. The molecule has 2 N–H and O–H groups in total. The van der Waals surface area contributed by atoms with Gasteiger partial charge in [-0.1, -0.05) is 12.1 Å². The Morgan fingerprint density at radius 1 is 1.60 bits per heavy atom. The summed E-state index contributed by atoms with van der Waals surface area (Å²) in [7, 11) is 0. The van der Waals surface area contributed by atoms with Gasteiger partial charge in [0.15, 0.2) is 6.10 Å². The van der Waals surface area contributed by atoms with E-state index >= 15 is 0 Å². The van der Waals surface area contributed by atoms with Gasteiger partial charge in [0.2, 0.25) is 0 Å². The zero-order valence-corrected chi connectivity index (χ0v) is 8.62. The molecule has 2 rings (SSSR count). The Bertz CT molecular complexity index is 365. The lowest BCUT2D eigenvalue weighted by atomic mass is 10.2. The molecule has 0 fully saturated rings. The topological polar surface area (TPSA) is 50.4 Å². The fourth-order valence-electron chi connectivity index (χ4n) is 1.55. The molecule has 0 aromatic heterocycles. The summed E-state index contributed by atoms with van der Waals surface area (Å²) in [6.07, 6.45) is -0.431. The van der Waals surface area contributed by atoms with Gasteiger partial charge >= 0.3 is 0 Å². The van der Waals surface area contributed by atoms with Gasteiger partial charge in [0.25, 0.3) is 5.91 Å². The first-order valence-corrected chi connectivity index (χ1v) is 5.08. The van der Waals surface area contributed by atoms with Crippen LogP contribution in [0.4, 0.5) is 5.69 Å². The van der Waals surface area contributed by atoms with Crippen LogP contribution in [0.1, 0.15) is 6.92 Å². The highest BCUT2D eigenvalue weighted by Crippen LogP contribution is 2.27. The monoisotopic (exact) mass is 206 g/mol. The Morgan fingerprint density at radius 3 is 3.20 bits per heavy atom. The summed E-state index contributed by atoms with van der Waals surface area (Å²) < 4.78 is 5.57. The minimum Gasteiger partial charge on any atom is -0.477 e. The SMILES string of the molecule is CCNC(=O)[C@@H]1CNc2ccccc2O1. The molecule has 0 saturated heterocycles. The lowest BCUT2D eigenvalue weighted by molar-refractivity contribution is -0.127. The van der Waals surface area contributed by atoms with Crippen LogP contribution in [-0.2, 0) is 4.79 Å². The fourth-order valence-corrected chi connectivity index (χ4v) is 1.55. The van der Waals surface area contributed by atoms with Crippen LogP contribution in [0.15, 0.2) is 24.3 Å². The Hall–Kier alpha value is -1.71. The number of anilines is 1. The number of para-hydroxylation sites is 2. The van der Waals surface area contributed by atoms with Crippen molar-refractivity contribution in [3.63, 3.8) is 0 Å². The highest BCUT2D eigenvalue weighted by Gasteiger charge is 2.24. The van der Waals surface area contributed by atoms with Crippen molar-refractivity contribution in [1.82, 2.24) is 5.32 Å². The average molecular weight is 206 g/mol. The predicted molar refractivity (Wildman–Crippen MR) is 58.0 cm³/mol.